The molecule has 0 bridgehead atoms. The Morgan fingerprint density at radius 1 is 0.565 bits per heavy atom. The topological polar surface area (TPSA) is 32.3 Å². The average Bonchev–Trinajstić information content (AvgIpc) is 2.64. The molecule has 0 spiro atoms. The number of rotatable bonds is 6. The van der Waals surface area contributed by atoms with Crippen LogP contribution >= 0.6 is 0 Å². The van der Waals surface area contributed by atoms with Crippen LogP contribution in [0.15, 0.2) is 78.9 Å². The van der Waals surface area contributed by atoms with Crippen molar-refractivity contribution in [2.75, 3.05) is 0 Å². The molecule has 0 amide bonds. The minimum absolute atomic E-state index is 0.0987. The van der Waals surface area contributed by atoms with Crippen LogP contribution in [-0.2, 0) is 19.7 Å². The van der Waals surface area contributed by atoms with Crippen molar-refractivity contribution in [3.63, 3.8) is 0 Å². The number of aliphatic hydroxyl groups excluding tert-OH is 1. The van der Waals surface area contributed by atoms with Crippen molar-refractivity contribution in [3.8, 4) is 11.1 Å². The van der Waals surface area contributed by atoms with Crippen LogP contribution < -0.4 is 5.32 Å². The molecule has 0 aliphatic carbocycles. The zero-order valence-corrected chi connectivity index (χ0v) is 13.1. The molecule has 0 atom stereocenters. The maximum absolute atomic E-state index is 9.04. The molecule has 3 aromatic carbocycles. The molecule has 0 aliphatic rings. The molecule has 2 nitrogen and oxygen atoms in total. The SMILES string of the molecule is OCc1ccc(CNCc2ccc(-c3ccccc3)cc2)cc1. The maximum Gasteiger partial charge on any atom is 0.0681 e. The van der Waals surface area contributed by atoms with Crippen molar-refractivity contribution in [1.29, 1.82) is 0 Å². The summed E-state index contributed by atoms with van der Waals surface area (Å²) in [6, 6.07) is 27.1. The van der Waals surface area contributed by atoms with E-state index in [-0.39, 0.29) is 6.61 Å². The fourth-order valence-corrected chi connectivity index (χ4v) is 2.56. The Morgan fingerprint density at radius 3 is 1.61 bits per heavy atom. The summed E-state index contributed by atoms with van der Waals surface area (Å²) in [7, 11) is 0. The lowest BCUT2D eigenvalue weighted by Gasteiger charge is -2.07. The van der Waals surface area contributed by atoms with Crippen molar-refractivity contribution in [3.05, 3.63) is 95.6 Å². The van der Waals surface area contributed by atoms with Gasteiger partial charge in [0.1, 0.15) is 0 Å². The van der Waals surface area contributed by atoms with Gasteiger partial charge in [0, 0.05) is 13.1 Å². The molecule has 0 fully saturated rings. The summed E-state index contributed by atoms with van der Waals surface area (Å²) >= 11 is 0. The summed E-state index contributed by atoms with van der Waals surface area (Å²) in [5.41, 5.74) is 5.94. The van der Waals surface area contributed by atoms with E-state index in [1.165, 1.54) is 22.3 Å². The fourth-order valence-electron chi connectivity index (χ4n) is 2.56. The van der Waals surface area contributed by atoms with Gasteiger partial charge in [-0.3, -0.25) is 0 Å². The highest BCUT2D eigenvalue weighted by molar-refractivity contribution is 5.63. The smallest absolute Gasteiger partial charge is 0.0681 e. The Morgan fingerprint density at radius 2 is 1.04 bits per heavy atom. The summed E-state index contributed by atoms with van der Waals surface area (Å²) in [5, 5.41) is 12.5. The van der Waals surface area contributed by atoms with Gasteiger partial charge >= 0.3 is 0 Å². The number of hydrogen-bond acceptors (Lipinski definition) is 2. The first-order chi connectivity index (χ1) is 11.3. The lowest BCUT2D eigenvalue weighted by Crippen LogP contribution is -2.12. The standard InChI is InChI=1S/C21H21NO/c23-16-19-8-6-17(7-9-19)14-22-15-18-10-12-21(13-11-18)20-4-2-1-3-5-20/h1-13,22-23H,14-16H2. The Hall–Kier alpha value is -2.42. The molecule has 3 rings (SSSR count). The molecule has 0 heterocycles. The van der Waals surface area contributed by atoms with E-state index in [1.807, 2.05) is 18.2 Å². The largest absolute Gasteiger partial charge is 0.392 e. The number of benzene rings is 3. The van der Waals surface area contributed by atoms with E-state index in [9.17, 15) is 0 Å². The zero-order valence-electron chi connectivity index (χ0n) is 13.1. The lowest BCUT2D eigenvalue weighted by molar-refractivity contribution is 0.282. The van der Waals surface area contributed by atoms with Crippen LogP contribution in [0.2, 0.25) is 0 Å². The van der Waals surface area contributed by atoms with Crippen LogP contribution in [0.1, 0.15) is 16.7 Å². The second-order valence-corrected chi connectivity index (χ2v) is 5.64. The van der Waals surface area contributed by atoms with Crippen molar-refractivity contribution in [2.24, 2.45) is 0 Å². The number of aliphatic hydroxyl groups is 1. The molecule has 0 unspecified atom stereocenters. The predicted molar refractivity (Wildman–Crippen MR) is 94.8 cm³/mol. The molecular weight excluding hydrogens is 282 g/mol. The highest BCUT2D eigenvalue weighted by Crippen LogP contribution is 2.19. The van der Waals surface area contributed by atoms with Gasteiger partial charge in [-0.2, -0.15) is 0 Å². The van der Waals surface area contributed by atoms with E-state index in [0.717, 1.165) is 18.7 Å². The summed E-state index contributed by atoms with van der Waals surface area (Å²) in [4.78, 5) is 0. The van der Waals surface area contributed by atoms with Crippen LogP contribution in [0.25, 0.3) is 11.1 Å². The Balaban J connectivity index is 1.54. The van der Waals surface area contributed by atoms with Gasteiger partial charge in [0.05, 0.1) is 6.61 Å². The van der Waals surface area contributed by atoms with E-state index in [2.05, 4.69) is 66.0 Å². The monoisotopic (exact) mass is 303 g/mol. The first-order valence-electron chi connectivity index (χ1n) is 7.89. The third-order valence-corrected chi connectivity index (χ3v) is 3.92. The third kappa shape index (κ3) is 4.28. The van der Waals surface area contributed by atoms with Gasteiger partial charge in [-0.15, -0.1) is 0 Å². The first kappa shape index (κ1) is 15.5. The van der Waals surface area contributed by atoms with Crippen LogP contribution in [0.5, 0.6) is 0 Å². The van der Waals surface area contributed by atoms with Crippen molar-refractivity contribution in [1.82, 2.24) is 5.32 Å². The van der Waals surface area contributed by atoms with Crippen LogP contribution in [0.4, 0.5) is 0 Å². The summed E-state index contributed by atoms with van der Waals surface area (Å²) < 4.78 is 0. The second kappa shape index (κ2) is 7.73. The molecule has 3 aromatic rings. The molecule has 0 saturated heterocycles. The van der Waals surface area contributed by atoms with Gasteiger partial charge in [0.2, 0.25) is 0 Å². The predicted octanol–water partition coefficient (Wildman–Crippen LogP) is 4.14. The fraction of sp³-hybridized carbons (Fsp3) is 0.143. The minimum Gasteiger partial charge on any atom is -0.392 e. The van der Waals surface area contributed by atoms with Gasteiger partial charge in [-0.1, -0.05) is 78.9 Å². The lowest BCUT2D eigenvalue weighted by atomic mass is 10.0. The van der Waals surface area contributed by atoms with Gasteiger partial charge in [0.25, 0.3) is 0 Å². The van der Waals surface area contributed by atoms with Gasteiger partial charge in [-0.25, -0.2) is 0 Å². The van der Waals surface area contributed by atoms with Gasteiger partial charge in [0.15, 0.2) is 0 Å². The third-order valence-electron chi connectivity index (χ3n) is 3.92. The Bertz CT molecular complexity index is 718. The quantitative estimate of drug-likeness (QED) is 0.717. The number of nitrogens with one attached hydrogen (secondary N) is 1. The van der Waals surface area contributed by atoms with Crippen molar-refractivity contribution in [2.45, 2.75) is 19.7 Å². The Kier molecular flexibility index (Phi) is 5.20. The normalized spacial score (nSPS) is 10.7. The van der Waals surface area contributed by atoms with E-state index in [4.69, 9.17) is 5.11 Å². The molecule has 116 valence electrons. The van der Waals surface area contributed by atoms with Gasteiger partial charge < -0.3 is 10.4 Å². The molecule has 23 heavy (non-hydrogen) atoms. The van der Waals surface area contributed by atoms with Crippen LogP contribution in [0, 0.1) is 0 Å². The Labute approximate surface area is 137 Å². The second-order valence-electron chi connectivity index (χ2n) is 5.64. The van der Waals surface area contributed by atoms with E-state index in [0.29, 0.717) is 0 Å². The average molecular weight is 303 g/mol. The first-order valence-corrected chi connectivity index (χ1v) is 7.89. The zero-order chi connectivity index (χ0) is 15.9. The highest BCUT2D eigenvalue weighted by Gasteiger charge is 1.98. The highest BCUT2D eigenvalue weighted by atomic mass is 16.3. The van der Waals surface area contributed by atoms with Crippen molar-refractivity contribution >= 4 is 0 Å². The molecule has 2 heteroatoms. The molecule has 0 radical (unpaired) electrons. The van der Waals surface area contributed by atoms with E-state index < -0.39 is 0 Å². The molecule has 0 aromatic heterocycles. The molecule has 0 aliphatic heterocycles. The molecular formula is C21H21NO. The molecule has 0 saturated carbocycles. The minimum atomic E-state index is 0.0987. The summed E-state index contributed by atoms with van der Waals surface area (Å²) in [6.45, 7) is 1.77. The van der Waals surface area contributed by atoms with Crippen LogP contribution in [-0.4, -0.2) is 5.11 Å². The summed E-state index contributed by atoms with van der Waals surface area (Å²) in [6.07, 6.45) is 0. The summed E-state index contributed by atoms with van der Waals surface area (Å²) in [5.74, 6) is 0. The van der Waals surface area contributed by atoms with E-state index in [1.54, 1.807) is 0 Å². The number of hydrogen-bond donors (Lipinski definition) is 2. The van der Waals surface area contributed by atoms with Gasteiger partial charge in [-0.05, 0) is 27.8 Å². The molecule has 2 N–H and O–H groups in total. The van der Waals surface area contributed by atoms with Crippen molar-refractivity contribution < 1.29 is 5.11 Å². The van der Waals surface area contributed by atoms with Crippen LogP contribution in [0.3, 0.4) is 0 Å². The maximum atomic E-state index is 9.04. The van der Waals surface area contributed by atoms with E-state index >= 15 is 0 Å².